The van der Waals surface area contributed by atoms with Crippen LogP contribution in [-0.4, -0.2) is 9.97 Å². The standard InChI is InChI=1S/C44H26N2S2/c1-2-10-27(11-3-1)28-12-8-13-29(24-28)30-14-9-15-32(25-30)44-45-36-21-23-40-41(34-17-5-7-19-38(34)48-40)42(36)43(46-44)31-20-22-39-35(26-31)33-16-4-6-18-37(33)47-39/h1-26H. The van der Waals surface area contributed by atoms with Gasteiger partial charge in [0.25, 0.3) is 0 Å². The van der Waals surface area contributed by atoms with Gasteiger partial charge in [0.05, 0.1) is 11.2 Å². The second kappa shape index (κ2) is 11.0. The Morgan fingerprint density at radius 3 is 1.73 bits per heavy atom. The van der Waals surface area contributed by atoms with Crippen LogP contribution in [0.3, 0.4) is 0 Å². The maximum atomic E-state index is 5.45. The first-order chi connectivity index (χ1) is 23.8. The number of fused-ring (bicyclic) bond motifs is 8. The van der Waals surface area contributed by atoms with Gasteiger partial charge in [-0.1, -0.05) is 109 Å². The van der Waals surface area contributed by atoms with Crippen LogP contribution in [0.2, 0.25) is 0 Å². The van der Waals surface area contributed by atoms with Gasteiger partial charge in [0, 0.05) is 56.9 Å². The summed E-state index contributed by atoms with van der Waals surface area (Å²) in [7, 11) is 0. The van der Waals surface area contributed by atoms with E-state index >= 15 is 0 Å². The fraction of sp³-hybridized carbons (Fsp3) is 0. The van der Waals surface area contributed by atoms with Crippen molar-refractivity contribution in [2.24, 2.45) is 0 Å². The van der Waals surface area contributed by atoms with E-state index in [9.17, 15) is 0 Å². The Kier molecular flexibility index (Phi) is 6.26. The first-order valence-electron chi connectivity index (χ1n) is 16.1. The van der Waals surface area contributed by atoms with Gasteiger partial charge in [-0.05, 0) is 70.8 Å². The molecule has 7 aromatic carbocycles. The molecular formula is C44H26N2S2. The predicted molar refractivity (Wildman–Crippen MR) is 207 cm³/mol. The molecule has 224 valence electrons. The molecule has 3 aromatic heterocycles. The van der Waals surface area contributed by atoms with Gasteiger partial charge >= 0.3 is 0 Å². The second-order valence-electron chi connectivity index (χ2n) is 12.2. The monoisotopic (exact) mass is 646 g/mol. The van der Waals surface area contributed by atoms with Crippen molar-refractivity contribution in [1.82, 2.24) is 9.97 Å². The van der Waals surface area contributed by atoms with E-state index in [-0.39, 0.29) is 0 Å². The molecule has 0 atom stereocenters. The van der Waals surface area contributed by atoms with Crippen LogP contribution < -0.4 is 0 Å². The maximum Gasteiger partial charge on any atom is 0.160 e. The summed E-state index contributed by atoms with van der Waals surface area (Å²) in [5, 5.41) is 6.15. The summed E-state index contributed by atoms with van der Waals surface area (Å²) in [6.07, 6.45) is 0. The largest absolute Gasteiger partial charge is 0.228 e. The fourth-order valence-corrected chi connectivity index (χ4v) is 9.20. The maximum absolute atomic E-state index is 5.45. The lowest BCUT2D eigenvalue weighted by Crippen LogP contribution is -1.96. The summed E-state index contributed by atoms with van der Waals surface area (Å²) < 4.78 is 5.12. The molecular weight excluding hydrogens is 621 g/mol. The summed E-state index contributed by atoms with van der Waals surface area (Å²) in [5.74, 6) is 0.729. The average Bonchev–Trinajstić information content (AvgIpc) is 3.73. The molecule has 0 aliphatic carbocycles. The van der Waals surface area contributed by atoms with Crippen LogP contribution in [0.4, 0.5) is 0 Å². The molecule has 0 amide bonds. The molecule has 2 nitrogen and oxygen atoms in total. The van der Waals surface area contributed by atoms with Gasteiger partial charge in [-0.3, -0.25) is 0 Å². The number of benzene rings is 7. The van der Waals surface area contributed by atoms with Crippen LogP contribution in [0.25, 0.3) is 96.1 Å². The van der Waals surface area contributed by atoms with E-state index in [1.807, 2.05) is 22.7 Å². The Balaban J connectivity index is 1.21. The van der Waals surface area contributed by atoms with Gasteiger partial charge in [0.2, 0.25) is 0 Å². The summed E-state index contributed by atoms with van der Waals surface area (Å²) in [6, 6.07) is 56.5. The normalized spacial score (nSPS) is 11.8. The third-order valence-corrected chi connectivity index (χ3v) is 11.6. The molecule has 0 unspecified atom stereocenters. The third kappa shape index (κ3) is 4.45. The van der Waals surface area contributed by atoms with Crippen molar-refractivity contribution in [2.75, 3.05) is 0 Å². The Morgan fingerprint density at radius 1 is 0.333 bits per heavy atom. The Hall–Kier alpha value is -5.68. The Labute approximate surface area is 285 Å². The molecule has 0 aliphatic rings. The highest BCUT2D eigenvalue weighted by Gasteiger charge is 2.19. The number of hydrogen-bond acceptors (Lipinski definition) is 4. The second-order valence-corrected chi connectivity index (χ2v) is 14.3. The quantitative estimate of drug-likeness (QED) is 0.190. The predicted octanol–water partition coefficient (Wildman–Crippen LogP) is 13.0. The van der Waals surface area contributed by atoms with Crippen LogP contribution in [-0.2, 0) is 0 Å². The molecule has 10 aromatic rings. The zero-order chi connectivity index (χ0) is 31.6. The summed E-state index contributed by atoms with van der Waals surface area (Å²) >= 11 is 3.67. The highest BCUT2D eigenvalue weighted by atomic mass is 32.1. The van der Waals surface area contributed by atoms with E-state index in [0.29, 0.717) is 0 Å². The van der Waals surface area contributed by atoms with Crippen molar-refractivity contribution < 1.29 is 0 Å². The highest BCUT2D eigenvalue weighted by molar-refractivity contribution is 7.26. The first-order valence-corrected chi connectivity index (χ1v) is 17.7. The van der Waals surface area contributed by atoms with Gasteiger partial charge < -0.3 is 0 Å². The van der Waals surface area contributed by atoms with Crippen LogP contribution in [0.1, 0.15) is 0 Å². The van der Waals surface area contributed by atoms with Gasteiger partial charge in [0.1, 0.15) is 0 Å². The summed E-state index contributed by atoms with van der Waals surface area (Å²) in [6.45, 7) is 0. The van der Waals surface area contributed by atoms with Gasteiger partial charge in [-0.2, -0.15) is 0 Å². The minimum absolute atomic E-state index is 0.729. The van der Waals surface area contributed by atoms with Crippen LogP contribution in [0.5, 0.6) is 0 Å². The number of rotatable bonds is 4. The van der Waals surface area contributed by atoms with E-state index in [4.69, 9.17) is 9.97 Å². The van der Waals surface area contributed by atoms with Crippen LogP contribution >= 0.6 is 22.7 Å². The van der Waals surface area contributed by atoms with Crippen LogP contribution in [0.15, 0.2) is 158 Å². The molecule has 0 radical (unpaired) electrons. The Morgan fingerprint density at radius 2 is 0.917 bits per heavy atom. The summed E-state index contributed by atoms with van der Waals surface area (Å²) in [5.41, 5.74) is 8.75. The zero-order valence-corrected chi connectivity index (χ0v) is 27.4. The minimum Gasteiger partial charge on any atom is -0.228 e. The van der Waals surface area contributed by atoms with E-state index in [1.54, 1.807) is 0 Å². The van der Waals surface area contributed by atoms with Crippen molar-refractivity contribution in [3.05, 3.63) is 158 Å². The van der Waals surface area contributed by atoms with Crippen molar-refractivity contribution in [2.45, 2.75) is 0 Å². The molecule has 0 saturated heterocycles. The smallest absolute Gasteiger partial charge is 0.160 e. The number of thiophene rings is 2. The lowest BCUT2D eigenvalue weighted by atomic mass is 9.97. The van der Waals surface area contributed by atoms with E-state index in [2.05, 4.69) is 158 Å². The van der Waals surface area contributed by atoms with E-state index in [0.717, 1.165) is 39.1 Å². The number of nitrogens with zero attached hydrogens (tertiary/aromatic N) is 2. The molecule has 0 bridgehead atoms. The molecule has 0 aliphatic heterocycles. The number of aromatic nitrogens is 2. The first kappa shape index (κ1) is 27.4. The van der Waals surface area contributed by atoms with E-state index < -0.39 is 0 Å². The SMILES string of the molecule is c1ccc(-c2cccc(-c3cccc(-c4nc(-c5ccc6sc7ccccc7c6c5)c5c(ccc6sc7ccccc7c65)n4)c3)c2)cc1. The Bertz CT molecular complexity index is 2850. The topological polar surface area (TPSA) is 25.8 Å². The van der Waals surface area contributed by atoms with Crippen LogP contribution in [0, 0.1) is 0 Å². The third-order valence-electron chi connectivity index (χ3n) is 9.28. The average molecular weight is 647 g/mol. The molecule has 0 spiro atoms. The van der Waals surface area contributed by atoms with Crippen molar-refractivity contribution in [3.8, 4) is 44.9 Å². The molecule has 3 heterocycles. The van der Waals surface area contributed by atoms with Gasteiger partial charge in [-0.15, -0.1) is 22.7 Å². The van der Waals surface area contributed by atoms with Crippen molar-refractivity contribution in [1.29, 1.82) is 0 Å². The molecule has 10 rings (SSSR count). The van der Waals surface area contributed by atoms with Crippen molar-refractivity contribution >= 4 is 73.9 Å². The number of hydrogen-bond donors (Lipinski definition) is 0. The highest BCUT2D eigenvalue weighted by Crippen LogP contribution is 2.43. The molecule has 0 N–H and O–H groups in total. The fourth-order valence-electron chi connectivity index (χ4n) is 7.00. The lowest BCUT2D eigenvalue weighted by molar-refractivity contribution is 1.23. The molecule has 4 heteroatoms. The van der Waals surface area contributed by atoms with E-state index in [1.165, 1.54) is 57.0 Å². The minimum atomic E-state index is 0.729. The van der Waals surface area contributed by atoms with Crippen molar-refractivity contribution in [3.63, 3.8) is 0 Å². The lowest BCUT2D eigenvalue weighted by Gasteiger charge is -2.12. The molecule has 0 saturated carbocycles. The molecule has 0 fully saturated rings. The molecule has 48 heavy (non-hydrogen) atoms. The zero-order valence-electron chi connectivity index (χ0n) is 25.7. The summed E-state index contributed by atoms with van der Waals surface area (Å²) in [4.78, 5) is 10.7. The van der Waals surface area contributed by atoms with Gasteiger partial charge in [-0.25, -0.2) is 9.97 Å². The van der Waals surface area contributed by atoms with Gasteiger partial charge in [0.15, 0.2) is 5.82 Å².